The average molecular weight is 390 g/mol. The molecule has 29 heavy (non-hydrogen) atoms. The number of allylic oxidation sites excluding steroid dienone is 1. The summed E-state index contributed by atoms with van der Waals surface area (Å²) >= 11 is 0. The summed E-state index contributed by atoms with van der Waals surface area (Å²) in [4.78, 5) is 0. The number of nitriles is 1. The Morgan fingerprint density at radius 3 is 2.41 bits per heavy atom. The molecule has 3 aromatic rings. The van der Waals surface area contributed by atoms with Crippen LogP contribution in [0.4, 0.5) is 0 Å². The van der Waals surface area contributed by atoms with Gasteiger partial charge in [-0.15, -0.1) is 5.10 Å². The summed E-state index contributed by atoms with van der Waals surface area (Å²) in [5.41, 5.74) is 9.13. The topological polar surface area (TPSA) is 126 Å². The zero-order chi connectivity index (χ0) is 20.5. The molecule has 0 amide bonds. The van der Waals surface area contributed by atoms with Gasteiger partial charge >= 0.3 is 0 Å². The van der Waals surface area contributed by atoms with Crippen molar-refractivity contribution in [3.05, 3.63) is 65.0 Å². The number of H-pyrrole nitrogens is 1. The summed E-state index contributed by atoms with van der Waals surface area (Å²) in [7, 11) is 2.88. The quantitative estimate of drug-likeness (QED) is 0.625. The van der Waals surface area contributed by atoms with Crippen molar-refractivity contribution in [3.63, 3.8) is 0 Å². The Kier molecular flexibility index (Phi) is 4.49. The number of nitrogens with two attached hydrogens (primary N) is 1. The maximum Gasteiger partial charge on any atom is 0.244 e. The van der Waals surface area contributed by atoms with Crippen molar-refractivity contribution in [1.29, 1.82) is 5.26 Å². The van der Waals surface area contributed by atoms with Gasteiger partial charge < -0.3 is 25.1 Å². The third-order valence-electron chi connectivity index (χ3n) is 4.84. The van der Waals surface area contributed by atoms with Crippen molar-refractivity contribution in [2.75, 3.05) is 14.2 Å². The monoisotopic (exact) mass is 390 g/mol. The van der Waals surface area contributed by atoms with Gasteiger partial charge in [0.15, 0.2) is 11.5 Å². The van der Waals surface area contributed by atoms with Crippen LogP contribution in [0.25, 0.3) is 11.3 Å². The Balaban J connectivity index is 1.99. The number of fused-ring (bicyclic) bond motifs is 1. The fourth-order valence-electron chi connectivity index (χ4n) is 3.48. The van der Waals surface area contributed by atoms with Gasteiger partial charge in [-0.05, 0) is 23.3 Å². The van der Waals surface area contributed by atoms with Crippen LogP contribution in [0.1, 0.15) is 17.0 Å². The van der Waals surface area contributed by atoms with Crippen LogP contribution in [0.2, 0.25) is 0 Å². The molecule has 4 N–H and O–H groups in total. The first-order chi connectivity index (χ1) is 14.1. The van der Waals surface area contributed by atoms with Crippen LogP contribution in [0.5, 0.6) is 23.1 Å². The second kappa shape index (κ2) is 7.13. The molecular weight excluding hydrogens is 372 g/mol. The lowest BCUT2D eigenvalue weighted by Gasteiger charge is -2.25. The lowest BCUT2D eigenvalue weighted by Crippen LogP contribution is -2.21. The number of methoxy groups -OCH3 is 2. The standard InChI is InChI=1S/C21H18N4O4/c1-27-14-8-12(9-15(28-2)19(14)26)16-13(10-22)20(23)29-21-17(16)18(24-25-21)11-6-4-3-5-7-11/h3-9,16,26H,23H2,1-2H3,(H,24,25)/t16-/m0/s1. The number of hydrogen-bond acceptors (Lipinski definition) is 7. The Morgan fingerprint density at radius 1 is 1.17 bits per heavy atom. The van der Waals surface area contributed by atoms with Gasteiger partial charge in [-0.1, -0.05) is 30.3 Å². The molecule has 0 unspecified atom stereocenters. The normalized spacial score (nSPS) is 15.3. The molecule has 0 fully saturated rings. The Morgan fingerprint density at radius 2 is 1.83 bits per heavy atom. The van der Waals surface area contributed by atoms with Gasteiger partial charge in [0.1, 0.15) is 11.6 Å². The molecule has 1 aliphatic rings. The predicted octanol–water partition coefficient (Wildman–Crippen LogP) is 3.02. The number of phenolic OH excluding ortho intramolecular Hbond substituents is 1. The number of aromatic hydroxyl groups is 1. The zero-order valence-corrected chi connectivity index (χ0v) is 15.8. The molecule has 0 aliphatic carbocycles. The van der Waals surface area contributed by atoms with E-state index >= 15 is 0 Å². The van der Waals surface area contributed by atoms with Crippen molar-refractivity contribution in [3.8, 4) is 40.5 Å². The van der Waals surface area contributed by atoms with Crippen molar-refractivity contribution < 1.29 is 19.3 Å². The Hall–Kier alpha value is -4.12. The zero-order valence-electron chi connectivity index (χ0n) is 15.8. The molecule has 0 spiro atoms. The van der Waals surface area contributed by atoms with E-state index in [1.807, 2.05) is 30.3 Å². The average Bonchev–Trinajstić information content (AvgIpc) is 3.17. The van der Waals surface area contributed by atoms with Crippen LogP contribution in [0, 0.1) is 11.3 Å². The summed E-state index contributed by atoms with van der Waals surface area (Å²) in [5.74, 6) is -0.0300. The van der Waals surface area contributed by atoms with Crippen LogP contribution in [-0.2, 0) is 0 Å². The highest BCUT2D eigenvalue weighted by Gasteiger charge is 2.36. The van der Waals surface area contributed by atoms with E-state index in [0.717, 1.165) is 5.56 Å². The largest absolute Gasteiger partial charge is 0.502 e. The molecule has 1 atom stereocenters. The number of aromatic nitrogens is 2. The van der Waals surface area contributed by atoms with Crippen molar-refractivity contribution in [2.24, 2.45) is 5.73 Å². The van der Waals surface area contributed by atoms with E-state index < -0.39 is 5.92 Å². The second-order valence-electron chi connectivity index (χ2n) is 6.38. The van der Waals surface area contributed by atoms with E-state index in [4.69, 9.17) is 19.9 Å². The fraction of sp³-hybridized carbons (Fsp3) is 0.143. The van der Waals surface area contributed by atoms with Gasteiger partial charge in [0.25, 0.3) is 0 Å². The molecule has 146 valence electrons. The lowest BCUT2D eigenvalue weighted by atomic mass is 9.82. The van der Waals surface area contributed by atoms with Gasteiger partial charge in [-0.3, -0.25) is 5.10 Å². The Bertz CT molecular complexity index is 1120. The summed E-state index contributed by atoms with van der Waals surface area (Å²) in [6, 6.07) is 15.0. The first kappa shape index (κ1) is 18.3. The van der Waals surface area contributed by atoms with Gasteiger partial charge in [-0.25, -0.2) is 0 Å². The minimum atomic E-state index is -0.596. The predicted molar refractivity (Wildman–Crippen MR) is 105 cm³/mol. The molecule has 4 rings (SSSR count). The van der Waals surface area contributed by atoms with Gasteiger partial charge in [0.05, 0.1) is 31.4 Å². The first-order valence-electron chi connectivity index (χ1n) is 8.75. The molecule has 0 bridgehead atoms. The van der Waals surface area contributed by atoms with Gasteiger partial charge in [0, 0.05) is 0 Å². The van der Waals surface area contributed by atoms with E-state index in [2.05, 4.69) is 16.3 Å². The Labute approximate surface area is 166 Å². The third-order valence-corrected chi connectivity index (χ3v) is 4.84. The molecule has 0 radical (unpaired) electrons. The number of hydrogen-bond donors (Lipinski definition) is 3. The molecule has 8 heteroatoms. The smallest absolute Gasteiger partial charge is 0.244 e. The van der Waals surface area contributed by atoms with Crippen LogP contribution in [0.15, 0.2) is 53.9 Å². The van der Waals surface area contributed by atoms with Crippen LogP contribution in [-0.4, -0.2) is 29.5 Å². The van der Waals surface area contributed by atoms with Crippen molar-refractivity contribution in [1.82, 2.24) is 10.2 Å². The highest BCUT2D eigenvalue weighted by atomic mass is 16.5. The molecule has 2 heterocycles. The number of nitrogens with one attached hydrogen (secondary N) is 1. The van der Waals surface area contributed by atoms with Crippen LogP contribution in [0.3, 0.4) is 0 Å². The van der Waals surface area contributed by atoms with Crippen LogP contribution >= 0.6 is 0 Å². The van der Waals surface area contributed by atoms with E-state index in [0.29, 0.717) is 16.8 Å². The number of rotatable bonds is 4. The minimum Gasteiger partial charge on any atom is -0.502 e. The molecule has 1 aliphatic heterocycles. The summed E-state index contributed by atoms with van der Waals surface area (Å²) in [5, 5.41) is 27.3. The van der Waals surface area contributed by atoms with Crippen molar-refractivity contribution >= 4 is 0 Å². The highest BCUT2D eigenvalue weighted by Crippen LogP contribution is 2.48. The van der Waals surface area contributed by atoms with E-state index in [1.54, 1.807) is 12.1 Å². The highest BCUT2D eigenvalue weighted by molar-refractivity contribution is 5.71. The van der Waals surface area contributed by atoms with Gasteiger partial charge in [0.2, 0.25) is 17.5 Å². The number of phenols is 1. The molecular formula is C21H18N4O4. The maximum atomic E-state index is 10.3. The van der Waals surface area contributed by atoms with Crippen molar-refractivity contribution in [2.45, 2.75) is 5.92 Å². The van der Waals surface area contributed by atoms with E-state index in [1.165, 1.54) is 14.2 Å². The molecule has 0 saturated carbocycles. The molecule has 2 aromatic carbocycles. The summed E-state index contributed by atoms with van der Waals surface area (Å²) < 4.78 is 16.2. The minimum absolute atomic E-state index is 0.0258. The first-order valence-corrected chi connectivity index (χ1v) is 8.75. The van der Waals surface area contributed by atoms with Gasteiger partial charge in [-0.2, -0.15) is 5.26 Å². The summed E-state index contributed by atoms with van der Waals surface area (Å²) in [6.45, 7) is 0. The summed E-state index contributed by atoms with van der Waals surface area (Å²) in [6.07, 6.45) is 0. The maximum absolute atomic E-state index is 10.3. The third kappa shape index (κ3) is 2.89. The SMILES string of the molecule is COc1cc([C@H]2C(C#N)=C(N)Oc3n[nH]c(-c4ccccc4)c32)cc(OC)c1O. The fourth-order valence-corrected chi connectivity index (χ4v) is 3.48. The van der Waals surface area contributed by atoms with Crippen LogP contribution < -0.4 is 19.9 Å². The second-order valence-corrected chi connectivity index (χ2v) is 6.38. The molecule has 8 nitrogen and oxygen atoms in total. The molecule has 1 aromatic heterocycles. The number of ether oxygens (including phenoxy) is 3. The molecule has 0 saturated heterocycles. The lowest BCUT2D eigenvalue weighted by molar-refractivity contribution is 0.338. The number of benzene rings is 2. The van der Waals surface area contributed by atoms with E-state index in [-0.39, 0.29) is 34.6 Å². The van der Waals surface area contributed by atoms with E-state index in [9.17, 15) is 10.4 Å². The number of nitrogens with zero attached hydrogens (tertiary/aromatic N) is 2. The number of aromatic amines is 1.